The van der Waals surface area contributed by atoms with Crippen molar-refractivity contribution in [3.05, 3.63) is 24.0 Å². The largest absolute Gasteiger partial charge is 0.362 e. The molecule has 0 saturated carbocycles. The molecule has 0 radical (unpaired) electrons. The molecular formula is C11H16N6O. The molecule has 0 bridgehead atoms. The van der Waals surface area contributed by atoms with E-state index in [1.54, 1.807) is 19.2 Å². The number of aromatic nitrogens is 4. The fourth-order valence-corrected chi connectivity index (χ4v) is 1.36. The van der Waals surface area contributed by atoms with Crippen LogP contribution in [0.2, 0.25) is 0 Å². The van der Waals surface area contributed by atoms with Crippen molar-refractivity contribution < 1.29 is 4.52 Å². The normalized spacial score (nSPS) is 10.3. The van der Waals surface area contributed by atoms with Gasteiger partial charge in [0.05, 0.1) is 6.54 Å². The van der Waals surface area contributed by atoms with Crippen LogP contribution >= 0.6 is 0 Å². The van der Waals surface area contributed by atoms with E-state index >= 15 is 0 Å². The van der Waals surface area contributed by atoms with Gasteiger partial charge in [0.1, 0.15) is 5.82 Å². The summed E-state index contributed by atoms with van der Waals surface area (Å²) in [6.45, 7) is 5.18. The molecular weight excluding hydrogens is 232 g/mol. The molecule has 0 aliphatic rings. The molecule has 2 heterocycles. The second kappa shape index (κ2) is 5.95. The van der Waals surface area contributed by atoms with Crippen molar-refractivity contribution in [3.8, 4) is 0 Å². The monoisotopic (exact) mass is 248 g/mol. The molecule has 0 spiro atoms. The van der Waals surface area contributed by atoms with E-state index in [4.69, 9.17) is 4.52 Å². The van der Waals surface area contributed by atoms with Crippen LogP contribution in [0, 0.1) is 6.92 Å². The van der Waals surface area contributed by atoms with E-state index in [1.807, 2.05) is 0 Å². The van der Waals surface area contributed by atoms with Crippen LogP contribution in [0.15, 0.2) is 16.8 Å². The van der Waals surface area contributed by atoms with Gasteiger partial charge in [-0.25, -0.2) is 4.98 Å². The smallest absolute Gasteiger partial charge is 0.224 e. The molecule has 7 nitrogen and oxygen atoms in total. The van der Waals surface area contributed by atoms with Gasteiger partial charge in [0.15, 0.2) is 5.82 Å². The highest BCUT2D eigenvalue weighted by molar-refractivity contribution is 5.39. The van der Waals surface area contributed by atoms with E-state index in [2.05, 4.69) is 37.7 Å². The maximum Gasteiger partial charge on any atom is 0.224 e. The fraction of sp³-hybridized carbons (Fsp3) is 0.455. The molecule has 0 fully saturated rings. The Morgan fingerprint density at radius 2 is 2.17 bits per heavy atom. The number of rotatable bonds is 6. The van der Waals surface area contributed by atoms with Gasteiger partial charge in [-0.1, -0.05) is 12.1 Å². The summed E-state index contributed by atoms with van der Waals surface area (Å²) in [4.78, 5) is 12.5. The molecule has 0 saturated heterocycles. The van der Waals surface area contributed by atoms with Crippen LogP contribution in [-0.4, -0.2) is 26.7 Å². The lowest BCUT2D eigenvalue weighted by Gasteiger charge is -2.05. The molecule has 96 valence electrons. The number of hydrogen-bond donors (Lipinski definition) is 2. The second-order valence-corrected chi connectivity index (χ2v) is 3.78. The molecule has 18 heavy (non-hydrogen) atoms. The maximum absolute atomic E-state index is 4.88. The summed E-state index contributed by atoms with van der Waals surface area (Å²) < 4.78 is 4.88. The van der Waals surface area contributed by atoms with Gasteiger partial charge >= 0.3 is 0 Å². The van der Waals surface area contributed by atoms with E-state index in [0.717, 1.165) is 18.8 Å². The van der Waals surface area contributed by atoms with Gasteiger partial charge in [0.25, 0.3) is 0 Å². The minimum Gasteiger partial charge on any atom is -0.362 e. The number of anilines is 2. The molecule has 2 N–H and O–H groups in total. The van der Waals surface area contributed by atoms with Gasteiger partial charge in [-0.2, -0.15) is 9.97 Å². The number of aryl methyl sites for hydroxylation is 1. The zero-order valence-electron chi connectivity index (χ0n) is 10.5. The van der Waals surface area contributed by atoms with Gasteiger partial charge in [0.2, 0.25) is 11.8 Å². The lowest BCUT2D eigenvalue weighted by molar-refractivity contribution is 0.388. The molecule has 0 unspecified atom stereocenters. The van der Waals surface area contributed by atoms with Crippen molar-refractivity contribution in [2.24, 2.45) is 0 Å². The number of hydrogen-bond acceptors (Lipinski definition) is 7. The fourth-order valence-electron chi connectivity index (χ4n) is 1.36. The maximum atomic E-state index is 4.88. The number of nitrogens with zero attached hydrogens (tertiary/aromatic N) is 4. The first-order valence-corrected chi connectivity index (χ1v) is 5.88. The number of nitrogens with one attached hydrogen (secondary N) is 2. The molecule has 2 aromatic rings. The van der Waals surface area contributed by atoms with E-state index in [0.29, 0.717) is 24.2 Å². The van der Waals surface area contributed by atoms with Crippen LogP contribution in [0.1, 0.15) is 25.1 Å². The van der Waals surface area contributed by atoms with Crippen LogP contribution in [0.5, 0.6) is 0 Å². The lowest BCUT2D eigenvalue weighted by Crippen LogP contribution is -2.07. The average molecular weight is 248 g/mol. The van der Waals surface area contributed by atoms with Crippen molar-refractivity contribution >= 4 is 11.8 Å². The van der Waals surface area contributed by atoms with Gasteiger partial charge < -0.3 is 15.2 Å². The molecule has 0 aliphatic heterocycles. The zero-order chi connectivity index (χ0) is 12.8. The summed E-state index contributed by atoms with van der Waals surface area (Å²) in [5.74, 6) is 2.51. The molecule has 0 aromatic carbocycles. The van der Waals surface area contributed by atoms with E-state index in [-0.39, 0.29) is 0 Å². The minimum absolute atomic E-state index is 0.474. The first kappa shape index (κ1) is 12.3. The van der Waals surface area contributed by atoms with Crippen molar-refractivity contribution in [1.82, 2.24) is 20.1 Å². The average Bonchev–Trinajstić information content (AvgIpc) is 2.80. The summed E-state index contributed by atoms with van der Waals surface area (Å²) >= 11 is 0. The Hall–Kier alpha value is -2.18. The van der Waals surface area contributed by atoms with E-state index in [9.17, 15) is 0 Å². The van der Waals surface area contributed by atoms with Crippen LogP contribution in [0.3, 0.4) is 0 Å². The summed E-state index contributed by atoms with van der Waals surface area (Å²) in [6.07, 6.45) is 2.73. The van der Waals surface area contributed by atoms with Crippen LogP contribution in [0.4, 0.5) is 11.8 Å². The van der Waals surface area contributed by atoms with Gasteiger partial charge in [-0.05, 0) is 12.5 Å². The van der Waals surface area contributed by atoms with Gasteiger partial charge in [0, 0.05) is 19.7 Å². The second-order valence-electron chi connectivity index (χ2n) is 3.78. The van der Waals surface area contributed by atoms with Crippen molar-refractivity contribution in [2.45, 2.75) is 26.8 Å². The Balaban J connectivity index is 1.92. The first-order valence-electron chi connectivity index (χ1n) is 5.88. The molecule has 2 aromatic heterocycles. The van der Waals surface area contributed by atoms with Crippen molar-refractivity contribution in [2.75, 3.05) is 17.2 Å². The lowest BCUT2D eigenvalue weighted by atomic mass is 10.5. The Bertz CT molecular complexity index is 498. The molecule has 0 atom stereocenters. The topological polar surface area (TPSA) is 88.8 Å². The standard InChI is InChI=1S/C11H16N6O/c1-3-5-12-11-13-6-4-9(16-11)14-7-10-15-8(2)18-17-10/h4,6H,3,5,7H2,1-2H3,(H2,12,13,14,16). The van der Waals surface area contributed by atoms with Gasteiger partial charge in [-0.15, -0.1) is 0 Å². The van der Waals surface area contributed by atoms with Crippen LogP contribution in [-0.2, 0) is 6.54 Å². The minimum atomic E-state index is 0.474. The first-order chi connectivity index (χ1) is 8.78. The predicted molar refractivity (Wildman–Crippen MR) is 67.2 cm³/mol. The molecule has 2 rings (SSSR count). The highest BCUT2D eigenvalue weighted by Crippen LogP contribution is 2.07. The van der Waals surface area contributed by atoms with E-state index < -0.39 is 0 Å². The molecule has 7 heteroatoms. The summed E-state index contributed by atoms with van der Waals surface area (Å²) in [6, 6.07) is 1.80. The quantitative estimate of drug-likeness (QED) is 0.802. The third kappa shape index (κ3) is 3.41. The Labute approximate surface area is 105 Å². The van der Waals surface area contributed by atoms with E-state index in [1.165, 1.54) is 0 Å². The summed E-state index contributed by atoms with van der Waals surface area (Å²) in [7, 11) is 0. The third-order valence-corrected chi connectivity index (χ3v) is 2.19. The Morgan fingerprint density at radius 3 is 2.89 bits per heavy atom. The highest BCUT2D eigenvalue weighted by Gasteiger charge is 2.03. The van der Waals surface area contributed by atoms with Gasteiger partial charge in [-0.3, -0.25) is 0 Å². The molecule has 0 aliphatic carbocycles. The van der Waals surface area contributed by atoms with Crippen molar-refractivity contribution in [3.63, 3.8) is 0 Å². The molecule has 0 amide bonds. The zero-order valence-corrected chi connectivity index (χ0v) is 10.5. The SMILES string of the molecule is CCCNc1nccc(NCc2noc(C)n2)n1. The summed E-state index contributed by atoms with van der Waals surface area (Å²) in [5, 5.41) is 10.0. The van der Waals surface area contributed by atoms with Crippen molar-refractivity contribution in [1.29, 1.82) is 0 Å². The van der Waals surface area contributed by atoms with Crippen LogP contribution in [0.25, 0.3) is 0 Å². The highest BCUT2D eigenvalue weighted by atomic mass is 16.5. The predicted octanol–water partition coefficient (Wildman–Crippen LogP) is 1.60. The third-order valence-electron chi connectivity index (χ3n) is 2.19. The van der Waals surface area contributed by atoms with Crippen LogP contribution < -0.4 is 10.6 Å². The Kier molecular flexibility index (Phi) is 4.06. The summed E-state index contributed by atoms with van der Waals surface area (Å²) in [5.41, 5.74) is 0. The Morgan fingerprint density at radius 1 is 1.28 bits per heavy atom.